The van der Waals surface area contributed by atoms with E-state index in [1.54, 1.807) is 13.8 Å². The third-order valence-electron chi connectivity index (χ3n) is 4.74. The van der Waals surface area contributed by atoms with Crippen LogP contribution in [0.2, 0.25) is 0 Å². The molecule has 0 aliphatic heterocycles. The maximum atomic E-state index is 12.8. The van der Waals surface area contributed by atoms with Crippen molar-refractivity contribution in [1.29, 1.82) is 0 Å². The predicted molar refractivity (Wildman–Crippen MR) is 122 cm³/mol. The van der Waals surface area contributed by atoms with Crippen molar-refractivity contribution in [1.82, 2.24) is 16.0 Å². The number of carbonyl (C=O) groups excluding carboxylic acids is 3. The van der Waals surface area contributed by atoms with Crippen molar-refractivity contribution >= 4 is 36.3 Å². The molecule has 4 atom stereocenters. The molecule has 0 aliphatic rings. The van der Waals surface area contributed by atoms with Crippen LogP contribution in [0.3, 0.4) is 0 Å². The number of thiol groups is 1. The Balaban J connectivity index is 5.23. The van der Waals surface area contributed by atoms with Gasteiger partial charge in [-0.05, 0) is 44.1 Å². The van der Waals surface area contributed by atoms with Gasteiger partial charge in [-0.2, -0.15) is 12.6 Å². The van der Waals surface area contributed by atoms with Crippen LogP contribution in [0, 0.1) is 11.8 Å². The van der Waals surface area contributed by atoms with E-state index in [1.807, 2.05) is 13.8 Å². The highest BCUT2D eigenvalue weighted by Crippen LogP contribution is 2.08. The van der Waals surface area contributed by atoms with E-state index in [0.29, 0.717) is 25.8 Å². The molecule has 11 heteroatoms. The van der Waals surface area contributed by atoms with Crippen molar-refractivity contribution in [3.8, 4) is 0 Å². The van der Waals surface area contributed by atoms with Crippen LogP contribution in [-0.4, -0.2) is 65.3 Å². The van der Waals surface area contributed by atoms with Gasteiger partial charge in [-0.1, -0.05) is 27.7 Å². The Morgan fingerprint density at radius 2 is 1.39 bits per heavy atom. The van der Waals surface area contributed by atoms with Gasteiger partial charge in [0.1, 0.15) is 18.1 Å². The highest BCUT2D eigenvalue weighted by molar-refractivity contribution is 7.80. The minimum atomic E-state index is -1.15. The number of hydrogen-bond acceptors (Lipinski definition) is 7. The van der Waals surface area contributed by atoms with Gasteiger partial charge in [0.25, 0.3) is 0 Å². The SMILES string of the molecule is CC(C)CC(NC(=O)C(CS)NC(=O)C(N)C(C)C)C(=O)NC(CCCCN)C(=O)O. The normalized spacial score (nSPS) is 15.1. The summed E-state index contributed by atoms with van der Waals surface area (Å²) in [5.41, 5.74) is 11.3. The van der Waals surface area contributed by atoms with Gasteiger partial charge in [-0.15, -0.1) is 0 Å². The van der Waals surface area contributed by atoms with Crippen LogP contribution >= 0.6 is 12.6 Å². The molecule has 8 N–H and O–H groups in total. The Bertz CT molecular complexity index is 603. The molecule has 0 saturated heterocycles. The first-order valence-electron chi connectivity index (χ1n) is 10.6. The molecule has 0 saturated carbocycles. The minimum absolute atomic E-state index is 0.00917. The molecule has 0 aromatic rings. The average Bonchev–Trinajstić information content (AvgIpc) is 2.69. The summed E-state index contributed by atoms with van der Waals surface area (Å²) in [6, 6.07) is -3.80. The smallest absolute Gasteiger partial charge is 0.326 e. The Labute approximate surface area is 190 Å². The number of carboxylic acid groups (broad SMARTS) is 1. The second-order valence-corrected chi connectivity index (χ2v) is 8.75. The van der Waals surface area contributed by atoms with E-state index in [0.717, 1.165) is 0 Å². The molecule has 0 aliphatic carbocycles. The van der Waals surface area contributed by atoms with Crippen molar-refractivity contribution in [2.75, 3.05) is 12.3 Å². The van der Waals surface area contributed by atoms with E-state index < -0.39 is 47.9 Å². The fourth-order valence-corrected chi connectivity index (χ4v) is 3.02. The number of carbonyl (C=O) groups is 4. The maximum Gasteiger partial charge on any atom is 0.326 e. The van der Waals surface area contributed by atoms with Gasteiger partial charge in [0, 0.05) is 5.75 Å². The topological polar surface area (TPSA) is 177 Å². The van der Waals surface area contributed by atoms with Gasteiger partial charge in [0.15, 0.2) is 0 Å². The molecule has 4 unspecified atom stereocenters. The molecule has 0 spiro atoms. The first-order valence-corrected chi connectivity index (χ1v) is 11.3. The molecule has 0 radical (unpaired) electrons. The van der Waals surface area contributed by atoms with E-state index in [1.165, 1.54) is 0 Å². The second kappa shape index (κ2) is 15.0. The third-order valence-corrected chi connectivity index (χ3v) is 5.10. The largest absolute Gasteiger partial charge is 0.480 e. The fraction of sp³-hybridized carbons (Fsp3) is 0.800. The van der Waals surface area contributed by atoms with Crippen LogP contribution in [0.15, 0.2) is 0 Å². The molecule has 0 fully saturated rings. The number of nitrogens with two attached hydrogens (primary N) is 2. The second-order valence-electron chi connectivity index (χ2n) is 8.39. The van der Waals surface area contributed by atoms with E-state index >= 15 is 0 Å². The molecule has 10 nitrogen and oxygen atoms in total. The maximum absolute atomic E-state index is 12.8. The standard InChI is InChI=1S/C20H39N5O5S/c1-11(2)9-14(17(26)23-13(20(29)30)7-5-6-8-21)24-18(27)15(10-31)25-19(28)16(22)12(3)4/h11-16,31H,5-10,21-22H2,1-4H3,(H,23,26)(H,24,27)(H,25,28)(H,29,30). The number of unbranched alkanes of at least 4 members (excludes halogenated alkanes) is 1. The zero-order valence-electron chi connectivity index (χ0n) is 18.9. The molecule has 0 heterocycles. The van der Waals surface area contributed by atoms with Crippen molar-refractivity contribution in [2.45, 2.75) is 77.5 Å². The lowest BCUT2D eigenvalue weighted by Crippen LogP contribution is -2.58. The summed E-state index contributed by atoms with van der Waals surface area (Å²) in [6.07, 6.45) is 1.74. The Morgan fingerprint density at radius 1 is 0.871 bits per heavy atom. The Hall–Kier alpha value is -1.85. The summed E-state index contributed by atoms with van der Waals surface area (Å²) in [4.78, 5) is 49.1. The van der Waals surface area contributed by atoms with E-state index in [9.17, 15) is 24.3 Å². The van der Waals surface area contributed by atoms with Gasteiger partial charge in [-0.3, -0.25) is 14.4 Å². The lowest BCUT2D eigenvalue weighted by Gasteiger charge is -2.26. The first-order chi connectivity index (χ1) is 14.4. The summed E-state index contributed by atoms with van der Waals surface area (Å²) in [5.74, 6) is -2.87. The lowest BCUT2D eigenvalue weighted by molar-refractivity contribution is -0.142. The zero-order chi connectivity index (χ0) is 24.1. The number of nitrogens with one attached hydrogen (secondary N) is 3. The van der Waals surface area contributed by atoms with E-state index in [2.05, 4.69) is 28.6 Å². The summed E-state index contributed by atoms with van der Waals surface area (Å²) in [5, 5.41) is 17.0. The number of amides is 3. The molecule has 0 bridgehead atoms. The number of hydrogen-bond donors (Lipinski definition) is 7. The average molecular weight is 462 g/mol. The van der Waals surface area contributed by atoms with Crippen molar-refractivity contribution < 1.29 is 24.3 Å². The van der Waals surface area contributed by atoms with Gasteiger partial charge in [0.05, 0.1) is 6.04 Å². The Kier molecular flexibility index (Phi) is 14.1. The fourth-order valence-electron chi connectivity index (χ4n) is 2.76. The minimum Gasteiger partial charge on any atom is -0.480 e. The molecular weight excluding hydrogens is 422 g/mol. The summed E-state index contributed by atoms with van der Waals surface area (Å²) in [6.45, 7) is 7.76. The zero-order valence-corrected chi connectivity index (χ0v) is 19.8. The number of carboxylic acids is 1. The monoisotopic (exact) mass is 461 g/mol. The molecular formula is C20H39N5O5S. The van der Waals surface area contributed by atoms with Crippen LogP contribution < -0.4 is 27.4 Å². The number of aliphatic carboxylic acids is 1. The quantitative estimate of drug-likeness (QED) is 0.128. The lowest BCUT2D eigenvalue weighted by atomic mass is 10.0. The van der Waals surface area contributed by atoms with Crippen LogP contribution in [0.4, 0.5) is 0 Å². The molecule has 0 aromatic carbocycles. The molecule has 0 aromatic heterocycles. The van der Waals surface area contributed by atoms with Crippen LogP contribution in [0.1, 0.15) is 53.4 Å². The third kappa shape index (κ3) is 11.4. The van der Waals surface area contributed by atoms with E-state index in [4.69, 9.17) is 11.5 Å². The highest BCUT2D eigenvalue weighted by atomic mass is 32.1. The Morgan fingerprint density at radius 3 is 1.84 bits per heavy atom. The van der Waals surface area contributed by atoms with Gasteiger partial charge >= 0.3 is 5.97 Å². The molecule has 3 amide bonds. The van der Waals surface area contributed by atoms with Gasteiger partial charge < -0.3 is 32.5 Å². The first kappa shape index (κ1) is 29.1. The molecule has 180 valence electrons. The van der Waals surface area contributed by atoms with Crippen LogP contribution in [0.5, 0.6) is 0 Å². The molecule has 0 rings (SSSR count). The van der Waals surface area contributed by atoms with Crippen molar-refractivity contribution in [3.63, 3.8) is 0 Å². The van der Waals surface area contributed by atoms with Gasteiger partial charge in [0.2, 0.25) is 17.7 Å². The summed E-state index contributed by atoms with van der Waals surface area (Å²) >= 11 is 4.12. The van der Waals surface area contributed by atoms with Gasteiger partial charge in [-0.25, -0.2) is 4.79 Å². The predicted octanol–water partition coefficient (Wildman–Crippen LogP) is -0.386. The molecule has 31 heavy (non-hydrogen) atoms. The summed E-state index contributed by atoms with van der Waals surface area (Å²) in [7, 11) is 0. The summed E-state index contributed by atoms with van der Waals surface area (Å²) < 4.78 is 0. The van der Waals surface area contributed by atoms with Crippen LogP contribution in [-0.2, 0) is 19.2 Å². The van der Waals surface area contributed by atoms with Crippen molar-refractivity contribution in [2.24, 2.45) is 23.3 Å². The van der Waals surface area contributed by atoms with Crippen molar-refractivity contribution in [3.05, 3.63) is 0 Å². The number of rotatable bonds is 15. The van der Waals surface area contributed by atoms with Crippen LogP contribution in [0.25, 0.3) is 0 Å². The van der Waals surface area contributed by atoms with E-state index in [-0.39, 0.29) is 24.0 Å². The highest BCUT2D eigenvalue weighted by Gasteiger charge is 2.30.